The Hall–Kier alpha value is -2.17. The SMILES string of the molecule is CC.COc1cccc2c1CC(C1CCC(=O)NC1=O)C2=O. The van der Waals surface area contributed by atoms with Crippen molar-refractivity contribution in [2.75, 3.05) is 7.11 Å². The van der Waals surface area contributed by atoms with E-state index in [1.807, 2.05) is 19.9 Å². The first-order chi connectivity index (χ1) is 10.6. The van der Waals surface area contributed by atoms with E-state index in [9.17, 15) is 14.4 Å². The Kier molecular flexibility index (Phi) is 4.96. The van der Waals surface area contributed by atoms with Crippen molar-refractivity contribution in [2.24, 2.45) is 11.8 Å². The minimum Gasteiger partial charge on any atom is -0.496 e. The number of carbonyl (C=O) groups is 3. The lowest BCUT2D eigenvalue weighted by Gasteiger charge is -2.24. The van der Waals surface area contributed by atoms with Gasteiger partial charge in [-0.2, -0.15) is 0 Å². The van der Waals surface area contributed by atoms with Gasteiger partial charge in [0.05, 0.1) is 7.11 Å². The molecule has 5 heteroatoms. The molecule has 1 saturated heterocycles. The van der Waals surface area contributed by atoms with Crippen LogP contribution in [0, 0.1) is 11.8 Å². The summed E-state index contributed by atoms with van der Waals surface area (Å²) < 4.78 is 5.28. The third-order valence-electron chi connectivity index (χ3n) is 4.15. The van der Waals surface area contributed by atoms with Crippen molar-refractivity contribution in [1.29, 1.82) is 0 Å². The minimum absolute atomic E-state index is 0.0200. The van der Waals surface area contributed by atoms with Gasteiger partial charge < -0.3 is 4.74 Å². The van der Waals surface area contributed by atoms with Gasteiger partial charge in [0.15, 0.2) is 5.78 Å². The lowest BCUT2D eigenvalue weighted by atomic mass is 9.83. The highest BCUT2D eigenvalue weighted by atomic mass is 16.5. The maximum absolute atomic E-state index is 12.5. The second kappa shape index (κ2) is 6.73. The second-order valence-electron chi connectivity index (χ2n) is 5.22. The molecule has 0 radical (unpaired) electrons. The molecule has 5 nitrogen and oxygen atoms in total. The zero-order chi connectivity index (χ0) is 16.3. The highest BCUT2D eigenvalue weighted by molar-refractivity contribution is 6.07. The number of imide groups is 1. The van der Waals surface area contributed by atoms with Gasteiger partial charge >= 0.3 is 0 Å². The topological polar surface area (TPSA) is 72.5 Å². The molecule has 0 spiro atoms. The third-order valence-corrected chi connectivity index (χ3v) is 4.15. The molecule has 1 heterocycles. The summed E-state index contributed by atoms with van der Waals surface area (Å²) in [7, 11) is 1.57. The van der Waals surface area contributed by atoms with Crippen LogP contribution in [-0.2, 0) is 16.0 Å². The highest BCUT2D eigenvalue weighted by Crippen LogP contribution is 2.38. The predicted octanol–water partition coefficient (Wildman–Crippen LogP) is 2.13. The van der Waals surface area contributed by atoms with Gasteiger partial charge in [-0.15, -0.1) is 0 Å². The van der Waals surface area contributed by atoms with Crippen LogP contribution in [0.3, 0.4) is 0 Å². The molecule has 0 saturated carbocycles. The first-order valence-corrected chi connectivity index (χ1v) is 7.65. The Morgan fingerprint density at radius 1 is 1.14 bits per heavy atom. The zero-order valence-corrected chi connectivity index (χ0v) is 13.1. The fourth-order valence-electron chi connectivity index (χ4n) is 3.13. The molecule has 118 valence electrons. The van der Waals surface area contributed by atoms with Gasteiger partial charge in [-0.1, -0.05) is 26.0 Å². The van der Waals surface area contributed by atoms with Gasteiger partial charge in [0.1, 0.15) is 5.75 Å². The van der Waals surface area contributed by atoms with Crippen molar-refractivity contribution in [1.82, 2.24) is 5.32 Å². The van der Waals surface area contributed by atoms with E-state index in [4.69, 9.17) is 4.74 Å². The molecule has 1 aromatic carbocycles. The number of ether oxygens (including phenoxy) is 1. The van der Waals surface area contributed by atoms with Crippen molar-refractivity contribution in [3.63, 3.8) is 0 Å². The number of hydrogen-bond donors (Lipinski definition) is 1. The van der Waals surface area contributed by atoms with E-state index in [0.29, 0.717) is 30.6 Å². The van der Waals surface area contributed by atoms with Crippen LogP contribution in [0.2, 0.25) is 0 Å². The van der Waals surface area contributed by atoms with Gasteiger partial charge in [0.2, 0.25) is 11.8 Å². The molecule has 2 aliphatic rings. The molecule has 22 heavy (non-hydrogen) atoms. The van der Waals surface area contributed by atoms with Gasteiger partial charge in [0.25, 0.3) is 0 Å². The monoisotopic (exact) mass is 303 g/mol. The number of benzene rings is 1. The number of piperidine rings is 1. The number of ketones is 1. The summed E-state index contributed by atoms with van der Waals surface area (Å²) in [5.74, 6) is -0.719. The normalized spacial score (nSPS) is 23.3. The molecule has 0 aromatic heterocycles. The van der Waals surface area contributed by atoms with Crippen LogP contribution >= 0.6 is 0 Å². The van der Waals surface area contributed by atoms with Crippen LogP contribution in [0.25, 0.3) is 0 Å². The van der Waals surface area contributed by atoms with Crippen molar-refractivity contribution < 1.29 is 19.1 Å². The van der Waals surface area contributed by atoms with E-state index in [1.54, 1.807) is 19.2 Å². The summed E-state index contributed by atoms with van der Waals surface area (Å²) in [6.07, 6.45) is 1.25. The molecule has 1 fully saturated rings. The Labute approximate surface area is 130 Å². The summed E-state index contributed by atoms with van der Waals surface area (Å²) in [5, 5.41) is 2.32. The van der Waals surface area contributed by atoms with Crippen molar-refractivity contribution in [2.45, 2.75) is 33.1 Å². The summed E-state index contributed by atoms with van der Waals surface area (Å²) in [4.78, 5) is 35.6. The number of rotatable bonds is 2. The molecular weight excluding hydrogens is 282 g/mol. The number of amides is 2. The molecule has 3 rings (SSSR count). The fraction of sp³-hybridized carbons (Fsp3) is 0.471. The number of Topliss-reactive ketones (excluding diaryl/α,β-unsaturated/α-hetero) is 1. The van der Waals surface area contributed by atoms with Crippen molar-refractivity contribution in [3.05, 3.63) is 29.3 Å². The van der Waals surface area contributed by atoms with Crippen LogP contribution in [-0.4, -0.2) is 24.7 Å². The molecular formula is C17H21NO4. The Balaban J connectivity index is 0.000000847. The fourth-order valence-corrected chi connectivity index (χ4v) is 3.13. The van der Waals surface area contributed by atoms with Crippen LogP contribution in [0.15, 0.2) is 18.2 Å². The number of nitrogens with one attached hydrogen (secondary N) is 1. The molecule has 2 amide bonds. The van der Waals surface area contributed by atoms with Gasteiger partial charge in [0, 0.05) is 29.4 Å². The minimum atomic E-state index is -0.419. The number of hydrogen-bond acceptors (Lipinski definition) is 4. The third kappa shape index (κ3) is 2.75. The first kappa shape index (κ1) is 16.2. The smallest absolute Gasteiger partial charge is 0.230 e. The Bertz CT molecular complexity index is 609. The van der Waals surface area contributed by atoms with Crippen LogP contribution in [0.1, 0.15) is 42.6 Å². The van der Waals surface area contributed by atoms with Crippen molar-refractivity contribution in [3.8, 4) is 5.75 Å². The van der Waals surface area contributed by atoms with E-state index in [1.165, 1.54) is 0 Å². The van der Waals surface area contributed by atoms with Gasteiger partial charge in [-0.3, -0.25) is 19.7 Å². The van der Waals surface area contributed by atoms with E-state index < -0.39 is 5.92 Å². The Morgan fingerprint density at radius 2 is 1.86 bits per heavy atom. The summed E-state index contributed by atoms with van der Waals surface area (Å²) >= 11 is 0. The maximum atomic E-state index is 12.5. The van der Waals surface area contributed by atoms with E-state index >= 15 is 0 Å². The Morgan fingerprint density at radius 3 is 2.50 bits per heavy atom. The van der Waals surface area contributed by atoms with Crippen LogP contribution < -0.4 is 10.1 Å². The maximum Gasteiger partial charge on any atom is 0.230 e. The highest BCUT2D eigenvalue weighted by Gasteiger charge is 2.42. The van der Waals surface area contributed by atoms with E-state index in [-0.39, 0.29) is 23.5 Å². The largest absolute Gasteiger partial charge is 0.496 e. The lowest BCUT2D eigenvalue weighted by Crippen LogP contribution is -2.44. The van der Waals surface area contributed by atoms with E-state index in [2.05, 4.69) is 5.32 Å². The second-order valence-corrected chi connectivity index (χ2v) is 5.22. The lowest BCUT2D eigenvalue weighted by molar-refractivity contribution is -0.137. The molecule has 2 atom stereocenters. The summed E-state index contributed by atoms with van der Waals surface area (Å²) in [6.45, 7) is 4.00. The average molecular weight is 303 g/mol. The van der Waals surface area contributed by atoms with Crippen molar-refractivity contribution >= 4 is 17.6 Å². The standard InChI is InChI=1S/C15H15NO4.C2H6/c1-20-12-4-2-3-8-10(12)7-11(14(8)18)9-5-6-13(17)16-15(9)19;1-2/h2-4,9,11H,5-7H2,1H3,(H,16,17,19);1-2H3. The van der Waals surface area contributed by atoms with Gasteiger partial charge in [-0.25, -0.2) is 0 Å². The number of fused-ring (bicyclic) bond motifs is 1. The molecule has 1 N–H and O–H groups in total. The zero-order valence-electron chi connectivity index (χ0n) is 13.1. The van der Waals surface area contributed by atoms with Crippen LogP contribution in [0.4, 0.5) is 0 Å². The average Bonchev–Trinajstić information content (AvgIpc) is 2.86. The van der Waals surface area contributed by atoms with Gasteiger partial charge in [-0.05, 0) is 18.9 Å². The number of carbonyl (C=O) groups excluding carboxylic acids is 3. The summed E-state index contributed by atoms with van der Waals surface area (Å²) in [6, 6.07) is 5.37. The summed E-state index contributed by atoms with van der Waals surface area (Å²) in [5.41, 5.74) is 1.51. The molecule has 1 aliphatic heterocycles. The number of methoxy groups -OCH3 is 1. The van der Waals surface area contributed by atoms with E-state index in [0.717, 1.165) is 5.56 Å². The molecule has 1 aliphatic carbocycles. The van der Waals surface area contributed by atoms with Crippen LogP contribution in [0.5, 0.6) is 5.75 Å². The quantitative estimate of drug-likeness (QED) is 0.850. The molecule has 1 aromatic rings. The first-order valence-electron chi connectivity index (χ1n) is 7.65. The predicted molar refractivity (Wildman–Crippen MR) is 81.7 cm³/mol. The molecule has 2 unspecified atom stereocenters. The molecule has 0 bridgehead atoms.